The third kappa shape index (κ3) is 115. The molecule has 0 rings (SSSR count). The van der Waals surface area contributed by atoms with E-state index in [1.165, 1.54) is 0 Å². The zero-order chi connectivity index (χ0) is 18.0. The molecule has 0 aromatic carbocycles. The quantitative estimate of drug-likeness (QED) is 0.344. The maximum atomic E-state index is 10.5. The molecule has 0 saturated heterocycles. The number of aliphatic hydroxyl groups excluding tert-OH is 4. The van der Waals surface area contributed by atoms with E-state index in [2.05, 4.69) is 11.3 Å². The van der Waals surface area contributed by atoms with Crippen LogP contribution in [0.2, 0.25) is 0 Å². The molecule has 0 heterocycles. The molecule has 0 spiro atoms. The van der Waals surface area contributed by atoms with E-state index in [0.29, 0.717) is 5.57 Å². The van der Waals surface area contributed by atoms with Crippen LogP contribution in [0.1, 0.15) is 48.5 Å². The molecular weight excluding hydrogens is 324 g/mol. The van der Waals surface area contributed by atoms with E-state index >= 15 is 0 Å². The van der Waals surface area contributed by atoms with E-state index < -0.39 is 5.97 Å². The number of aliphatic hydroxyl groups is 4. The topological polar surface area (TPSA) is 107 Å². The van der Waals surface area contributed by atoms with Crippen LogP contribution < -0.4 is 0 Å². The average molecular weight is 358 g/mol. The Morgan fingerprint density at radius 1 is 0.955 bits per heavy atom. The third-order valence-corrected chi connectivity index (χ3v) is 0.673. The van der Waals surface area contributed by atoms with E-state index in [4.69, 9.17) is 20.4 Å². The molecule has 0 aliphatic heterocycles. The van der Waals surface area contributed by atoms with Crippen LogP contribution in [0.4, 0.5) is 0 Å². The van der Waals surface area contributed by atoms with Gasteiger partial charge in [-0.15, -0.1) is 0 Å². The number of hydrogen-bond acceptors (Lipinski definition) is 6. The summed E-state index contributed by atoms with van der Waals surface area (Å²) in [6.45, 7) is 15.1. The minimum Gasteiger partial charge on any atom is -0.460 e. The van der Waals surface area contributed by atoms with Gasteiger partial charge in [-0.2, -0.15) is 0 Å². The summed E-state index contributed by atoms with van der Waals surface area (Å²) in [5, 5.41) is 32.4. The van der Waals surface area contributed by atoms with Crippen LogP contribution in [-0.4, -0.2) is 57.9 Å². The SMILES string of the molecule is C=C(C)C(=O)OCCO.CC(C)O.CC(C)O.CC(C)O.[Ti]. The Morgan fingerprint density at radius 3 is 1.32 bits per heavy atom. The maximum absolute atomic E-state index is 10.5. The summed E-state index contributed by atoms with van der Waals surface area (Å²) < 4.78 is 4.46. The number of ether oxygens (including phenoxy) is 1. The second-order valence-corrected chi connectivity index (χ2v) is 4.92. The van der Waals surface area contributed by atoms with Gasteiger partial charge in [-0.3, -0.25) is 0 Å². The second kappa shape index (κ2) is 25.7. The fourth-order valence-corrected chi connectivity index (χ4v) is 0.262. The fourth-order valence-electron chi connectivity index (χ4n) is 0.262. The van der Waals surface area contributed by atoms with Crippen LogP contribution in [0.5, 0.6) is 0 Å². The van der Waals surface area contributed by atoms with Crippen molar-refractivity contribution in [3.63, 3.8) is 0 Å². The number of esters is 1. The molecule has 0 radical (unpaired) electrons. The van der Waals surface area contributed by atoms with Gasteiger partial charge in [0.2, 0.25) is 0 Å². The van der Waals surface area contributed by atoms with Gasteiger partial charge in [0.15, 0.2) is 0 Å². The first-order valence-corrected chi connectivity index (χ1v) is 6.86. The summed E-state index contributed by atoms with van der Waals surface area (Å²) in [6.07, 6.45) is -0.500. The van der Waals surface area contributed by atoms with E-state index in [0.717, 1.165) is 0 Å². The Kier molecular flexibility index (Phi) is 39.0. The molecule has 0 atom stereocenters. The first-order valence-electron chi connectivity index (χ1n) is 6.86. The zero-order valence-corrected chi connectivity index (χ0v) is 16.5. The summed E-state index contributed by atoms with van der Waals surface area (Å²) in [6, 6.07) is 0. The molecule has 0 bridgehead atoms. The van der Waals surface area contributed by atoms with Crippen molar-refractivity contribution in [2.75, 3.05) is 13.2 Å². The van der Waals surface area contributed by atoms with Gasteiger partial charge in [-0.25, -0.2) is 4.79 Å². The fraction of sp³-hybridized carbons (Fsp3) is 0.800. The van der Waals surface area contributed by atoms with E-state index in [1.54, 1.807) is 48.5 Å². The van der Waals surface area contributed by atoms with E-state index in [1.807, 2.05) is 0 Å². The zero-order valence-electron chi connectivity index (χ0n) is 15.0. The predicted octanol–water partition coefficient (Wildman–Crippen LogP) is 1.26. The van der Waals surface area contributed by atoms with Crippen molar-refractivity contribution in [2.24, 2.45) is 0 Å². The molecule has 0 saturated carbocycles. The molecule has 134 valence electrons. The minimum absolute atomic E-state index is 0. The van der Waals surface area contributed by atoms with Crippen LogP contribution in [0, 0.1) is 0 Å². The molecule has 0 unspecified atom stereocenters. The van der Waals surface area contributed by atoms with Gasteiger partial charge in [0.05, 0.1) is 6.61 Å². The smallest absolute Gasteiger partial charge is 0.333 e. The first-order chi connectivity index (χ1) is 9.38. The summed E-state index contributed by atoms with van der Waals surface area (Å²) in [5.41, 5.74) is 0.350. The van der Waals surface area contributed by atoms with Gasteiger partial charge < -0.3 is 25.2 Å². The normalized spacial score (nSPS) is 8.45. The maximum Gasteiger partial charge on any atom is 0.333 e. The van der Waals surface area contributed by atoms with Crippen molar-refractivity contribution in [1.82, 2.24) is 0 Å². The van der Waals surface area contributed by atoms with Crippen molar-refractivity contribution in [3.05, 3.63) is 12.2 Å². The Hall–Kier alpha value is -0.236. The van der Waals surface area contributed by atoms with Crippen molar-refractivity contribution in [2.45, 2.75) is 66.8 Å². The van der Waals surface area contributed by atoms with Gasteiger partial charge in [-0.05, 0) is 48.5 Å². The standard InChI is InChI=1S/C6H10O3.3C3H8O.Ti/c1-5(2)6(8)9-4-3-7;3*1-3(2)4;/h7H,1,3-4H2,2H3;3*3-4H,1-2H3;. The summed E-state index contributed by atoms with van der Waals surface area (Å²) in [5.74, 6) is -0.455. The van der Waals surface area contributed by atoms with Crippen LogP contribution in [0.3, 0.4) is 0 Å². The molecule has 0 amide bonds. The van der Waals surface area contributed by atoms with Crippen LogP contribution in [-0.2, 0) is 31.2 Å². The van der Waals surface area contributed by atoms with Crippen LogP contribution >= 0.6 is 0 Å². The Morgan fingerprint density at radius 2 is 1.18 bits per heavy atom. The number of carbonyl (C=O) groups is 1. The van der Waals surface area contributed by atoms with Crippen molar-refractivity contribution < 1.29 is 51.7 Å². The minimum atomic E-state index is -0.455. The summed E-state index contributed by atoms with van der Waals surface area (Å²) in [4.78, 5) is 10.5. The van der Waals surface area contributed by atoms with Gasteiger partial charge in [-0.1, -0.05) is 6.58 Å². The van der Waals surface area contributed by atoms with Crippen molar-refractivity contribution in [1.29, 1.82) is 0 Å². The molecule has 4 N–H and O–H groups in total. The summed E-state index contributed by atoms with van der Waals surface area (Å²) >= 11 is 0. The molecule has 7 heteroatoms. The largest absolute Gasteiger partial charge is 0.460 e. The summed E-state index contributed by atoms with van der Waals surface area (Å²) in [7, 11) is 0. The third-order valence-electron chi connectivity index (χ3n) is 0.673. The van der Waals surface area contributed by atoms with Crippen molar-refractivity contribution in [3.8, 4) is 0 Å². The Labute approximate surface area is 150 Å². The molecular formula is C15H34O6Ti. The first kappa shape index (κ1) is 33.4. The molecule has 22 heavy (non-hydrogen) atoms. The monoisotopic (exact) mass is 358 g/mol. The van der Waals surface area contributed by atoms with E-state index in [9.17, 15) is 4.79 Å². The average Bonchev–Trinajstić information content (AvgIpc) is 2.23. The van der Waals surface area contributed by atoms with Crippen molar-refractivity contribution >= 4 is 5.97 Å². The molecule has 0 aromatic rings. The molecule has 0 fully saturated rings. The second-order valence-electron chi connectivity index (χ2n) is 4.92. The van der Waals surface area contributed by atoms with E-state index in [-0.39, 0.29) is 53.2 Å². The molecule has 0 aromatic heterocycles. The number of hydrogen-bond donors (Lipinski definition) is 4. The number of carbonyl (C=O) groups excluding carboxylic acids is 1. The molecule has 0 aliphatic rings. The van der Waals surface area contributed by atoms with Crippen LogP contribution in [0.15, 0.2) is 12.2 Å². The molecule has 0 aliphatic carbocycles. The number of rotatable bonds is 3. The Balaban J connectivity index is -0.0000000632. The Bertz CT molecular complexity index is 208. The van der Waals surface area contributed by atoms with Gasteiger partial charge in [0, 0.05) is 45.6 Å². The van der Waals surface area contributed by atoms with Gasteiger partial charge in [0.25, 0.3) is 0 Å². The predicted molar refractivity (Wildman–Crippen MR) is 84.9 cm³/mol. The van der Waals surface area contributed by atoms with Gasteiger partial charge in [0.1, 0.15) is 6.61 Å². The van der Waals surface area contributed by atoms with Crippen LogP contribution in [0.25, 0.3) is 0 Å². The molecule has 6 nitrogen and oxygen atoms in total. The van der Waals surface area contributed by atoms with Gasteiger partial charge >= 0.3 is 5.97 Å².